The standard InChI is InChI=1S/C16H17ClFNO/c1-11-8-15(16(20)10-17)12(2)19(11)7-6-13-4-3-5-14(18)9-13/h3-5,8-9H,6-7,10H2,1-2H3. The summed E-state index contributed by atoms with van der Waals surface area (Å²) in [5, 5.41) is 0. The maximum atomic E-state index is 13.1. The number of alkyl halides is 1. The number of ketones is 1. The Morgan fingerprint density at radius 1 is 1.30 bits per heavy atom. The molecule has 106 valence electrons. The summed E-state index contributed by atoms with van der Waals surface area (Å²) in [6.45, 7) is 4.60. The molecule has 0 saturated heterocycles. The van der Waals surface area contributed by atoms with Crippen molar-refractivity contribution in [3.8, 4) is 0 Å². The molecule has 4 heteroatoms. The summed E-state index contributed by atoms with van der Waals surface area (Å²) in [7, 11) is 0. The minimum absolute atomic E-state index is 0.00576. The van der Waals surface area contributed by atoms with E-state index in [9.17, 15) is 9.18 Å². The lowest BCUT2D eigenvalue weighted by atomic mass is 10.1. The second-order valence-electron chi connectivity index (χ2n) is 4.87. The molecule has 1 aromatic carbocycles. The third-order valence-corrected chi connectivity index (χ3v) is 3.75. The molecule has 20 heavy (non-hydrogen) atoms. The Morgan fingerprint density at radius 2 is 2.05 bits per heavy atom. The van der Waals surface area contributed by atoms with Crippen LogP contribution >= 0.6 is 11.6 Å². The van der Waals surface area contributed by atoms with Crippen molar-refractivity contribution in [3.05, 3.63) is 58.7 Å². The van der Waals surface area contributed by atoms with Crippen molar-refractivity contribution in [2.75, 3.05) is 5.88 Å². The summed E-state index contributed by atoms with van der Waals surface area (Å²) >= 11 is 5.61. The van der Waals surface area contributed by atoms with Crippen molar-refractivity contribution >= 4 is 17.4 Å². The zero-order valence-corrected chi connectivity index (χ0v) is 12.4. The fourth-order valence-electron chi connectivity index (χ4n) is 2.43. The molecule has 0 unspecified atom stereocenters. The molecule has 0 saturated carbocycles. The van der Waals surface area contributed by atoms with Gasteiger partial charge in [-0.15, -0.1) is 11.6 Å². The van der Waals surface area contributed by atoms with Crippen molar-refractivity contribution in [1.82, 2.24) is 4.57 Å². The molecule has 0 amide bonds. The summed E-state index contributed by atoms with van der Waals surface area (Å²) in [4.78, 5) is 11.7. The second kappa shape index (κ2) is 6.23. The molecule has 0 radical (unpaired) electrons. The lowest BCUT2D eigenvalue weighted by molar-refractivity contribution is 0.102. The molecule has 0 spiro atoms. The largest absolute Gasteiger partial charge is 0.348 e. The number of hydrogen-bond donors (Lipinski definition) is 0. The van der Waals surface area contributed by atoms with Gasteiger partial charge in [-0.3, -0.25) is 4.79 Å². The van der Waals surface area contributed by atoms with Crippen molar-refractivity contribution in [1.29, 1.82) is 0 Å². The zero-order valence-electron chi connectivity index (χ0n) is 11.6. The predicted molar refractivity (Wildman–Crippen MR) is 79.1 cm³/mol. The van der Waals surface area contributed by atoms with Gasteiger partial charge in [0, 0.05) is 23.5 Å². The highest BCUT2D eigenvalue weighted by Crippen LogP contribution is 2.17. The first-order valence-electron chi connectivity index (χ1n) is 6.53. The number of Topliss-reactive ketones (excluding diaryl/α,β-unsaturated/α-hetero) is 1. The Morgan fingerprint density at radius 3 is 2.70 bits per heavy atom. The van der Waals surface area contributed by atoms with Crippen LogP contribution in [0.1, 0.15) is 27.3 Å². The van der Waals surface area contributed by atoms with E-state index >= 15 is 0 Å². The lowest BCUT2D eigenvalue weighted by Crippen LogP contribution is -2.07. The van der Waals surface area contributed by atoms with Crippen LogP contribution in [0.3, 0.4) is 0 Å². The van der Waals surface area contributed by atoms with Crippen LogP contribution in [0.2, 0.25) is 0 Å². The molecule has 1 aromatic heterocycles. The molecule has 0 aliphatic heterocycles. The average Bonchev–Trinajstić information content (AvgIpc) is 2.71. The Labute approximate surface area is 123 Å². The first kappa shape index (κ1) is 14.8. The van der Waals surface area contributed by atoms with E-state index in [1.54, 1.807) is 12.1 Å². The van der Waals surface area contributed by atoms with Gasteiger partial charge in [-0.1, -0.05) is 12.1 Å². The Hall–Kier alpha value is -1.61. The topological polar surface area (TPSA) is 22.0 Å². The number of benzene rings is 1. The van der Waals surface area contributed by atoms with Crippen molar-refractivity contribution in [3.63, 3.8) is 0 Å². The van der Waals surface area contributed by atoms with Crippen molar-refractivity contribution < 1.29 is 9.18 Å². The molecule has 2 rings (SSSR count). The molecule has 2 aromatic rings. The van der Waals surface area contributed by atoms with Gasteiger partial charge in [0.25, 0.3) is 0 Å². The predicted octanol–water partition coefficient (Wildman–Crippen LogP) is 3.91. The third kappa shape index (κ3) is 3.10. The van der Waals surface area contributed by atoms with Gasteiger partial charge in [0.05, 0.1) is 5.88 Å². The zero-order chi connectivity index (χ0) is 14.7. The van der Waals surface area contributed by atoms with E-state index in [1.807, 2.05) is 26.0 Å². The van der Waals surface area contributed by atoms with E-state index in [1.165, 1.54) is 6.07 Å². The van der Waals surface area contributed by atoms with E-state index in [-0.39, 0.29) is 17.5 Å². The lowest BCUT2D eigenvalue weighted by Gasteiger charge is -2.10. The van der Waals surface area contributed by atoms with Gasteiger partial charge in [-0.25, -0.2) is 4.39 Å². The Balaban J connectivity index is 2.18. The number of carbonyl (C=O) groups excluding carboxylic acids is 1. The van der Waals surface area contributed by atoms with Crippen LogP contribution in [-0.4, -0.2) is 16.2 Å². The number of aromatic nitrogens is 1. The maximum absolute atomic E-state index is 13.1. The minimum Gasteiger partial charge on any atom is -0.348 e. The van der Waals surface area contributed by atoms with E-state index in [0.29, 0.717) is 5.56 Å². The summed E-state index contributed by atoms with van der Waals surface area (Å²) < 4.78 is 15.2. The second-order valence-corrected chi connectivity index (χ2v) is 5.14. The van der Waals surface area contributed by atoms with Gasteiger partial charge in [0.2, 0.25) is 0 Å². The van der Waals surface area contributed by atoms with E-state index in [2.05, 4.69) is 4.57 Å². The highest BCUT2D eigenvalue weighted by molar-refractivity contribution is 6.30. The molecule has 0 atom stereocenters. The number of hydrogen-bond acceptors (Lipinski definition) is 1. The van der Waals surface area contributed by atoms with Crippen LogP contribution < -0.4 is 0 Å². The quantitative estimate of drug-likeness (QED) is 0.605. The van der Waals surface area contributed by atoms with Crippen LogP contribution in [-0.2, 0) is 13.0 Å². The summed E-state index contributed by atoms with van der Waals surface area (Å²) in [5.41, 5.74) is 3.57. The first-order chi connectivity index (χ1) is 9.52. The number of nitrogens with zero attached hydrogens (tertiary/aromatic N) is 1. The van der Waals surface area contributed by atoms with Crippen LogP contribution in [0.25, 0.3) is 0 Å². The SMILES string of the molecule is Cc1cc(C(=O)CCl)c(C)n1CCc1cccc(F)c1. The highest BCUT2D eigenvalue weighted by atomic mass is 35.5. The van der Waals surface area contributed by atoms with Gasteiger partial charge < -0.3 is 4.57 Å². The molecule has 0 fully saturated rings. The van der Waals surface area contributed by atoms with Gasteiger partial charge in [0.1, 0.15) is 5.82 Å². The van der Waals surface area contributed by atoms with Crippen molar-refractivity contribution in [2.45, 2.75) is 26.8 Å². The van der Waals surface area contributed by atoms with Crippen LogP contribution in [0.4, 0.5) is 4.39 Å². The minimum atomic E-state index is -0.221. The van der Waals surface area contributed by atoms with Crippen LogP contribution in [0.15, 0.2) is 30.3 Å². The molecular weight excluding hydrogens is 277 g/mol. The smallest absolute Gasteiger partial charge is 0.179 e. The maximum Gasteiger partial charge on any atom is 0.179 e. The van der Waals surface area contributed by atoms with Crippen LogP contribution in [0, 0.1) is 19.7 Å². The van der Waals surface area contributed by atoms with Gasteiger partial charge in [-0.2, -0.15) is 0 Å². The Kier molecular flexibility index (Phi) is 4.61. The first-order valence-corrected chi connectivity index (χ1v) is 7.06. The molecule has 1 heterocycles. The molecule has 0 N–H and O–H groups in total. The summed E-state index contributed by atoms with van der Waals surface area (Å²) in [6, 6.07) is 8.46. The highest BCUT2D eigenvalue weighted by Gasteiger charge is 2.14. The van der Waals surface area contributed by atoms with E-state index in [4.69, 9.17) is 11.6 Å². The number of halogens is 2. The van der Waals surface area contributed by atoms with Gasteiger partial charge >= 0.3 is 0 Å². The number of rotatable bonds is 5. The molecule has 0 aliphatic rings. The van der Waals surface area contributed by atoms with Gasteiger partial charge in [-0.05, 0) is 44.0 Å². The van der Waals surface area contributed by atoms with E-state index < -0.39 is 0 Å². The monoisotopic (exact) mass is 293 g/mol. The summed E-state index contributed by atoms with van der Waals surface area (Å²) in [6.07, 6.45) is 0.725. The Bertz CT molecular complexity index is 633. The average molecular weight is 294 g/mol. The number of carbonyl (C=O) groups is 1. The molecule has 2 nitrogen and oxygen atoms in total. The molecule has 0 aliphatic carbocycles. The fourth-order valence-corrected chi connectivity index (χ4v) is 2.58. The van der Waals surface area contributed by atoms with Crippen molar-refractivity contribution in [2.24, 2.45) is 0 Å². The third-order valence-electron chi connectivity index (χ3n) is 3.51. The van der Waals surface area contributed by atoms with Gasteiger partial charge in [0.15, 0.2) is 5.78 Å². The fraction of sp³-hybridized carbons (Fsp3) is 0.312. The van der Waals surface area contributed by atoms with E-state index in [0.717, 1.165) is 29.9 Å². The summed E-state index contributed by atoms with van der Waals surface area (Å²) in [5.74, 6) is -0.285. The van der Waals surface area contributed by atoms with Crippen LogP contribution in [0.5, 0.6) is 0 Å². The molecular formula is C16H17ClFNO. The number of aryl methyl sites for hydroxylation is 2. The molecule has 0 bridgehead atoms. The normalized spacial score (nSPS) is 10.8.